The molecule has 2 amide bonds. The molecule has 0 aromatic heterocycles. The Morgan fingerprint density at radius 3 is 2.56 bits per heavy atom. The fraction of sp³-hybridized carbons (Fsp3) is 0.200. The molecule has 86 valence electrons. The first-order chi connectivity index (χ1) is 7.50. The van der Waals surface area contributed by atoms with Crippen molar-refractivity contribution in [2.45, 2.75) is 6.42 Å². The van der Waals surface area contributed by atoms with Crippen LogP contribution in [0.15, 0.2) is 18.2 Å². The predicted molar refractivity (Wildman–Crippen MR) is 55.9 cm³/mol. The zero-order chi connectivity index (χ0) is 12.1. The quantitative estimate of drug-likeness (QED) is 0.562. The van der Waals surface area contributed by atoms with Crippen LogP contribution in [0.2, 0.25) is 0 Å². The van der Waals surface area contributed by atoms with Gasteiger partial charge in [-0.05, 0) is 12.1 Å². The number of phenolic OH excluding ortho intramolecular Hbond substituents is 2. The maximum atomic E-state index is 11.5. The summed E-state index contributed by atoms with van der Waals surface area (Å²) in [5, 5.41) is 20.8. The number of phenols is 2. The fourth-order valence-electron chi connectivity index (χ4n) is 1.11. The summed E-state index contributed by atoms with van der Waals surface area (Å²) in [4.78, 5) is 21.9. The van der Waals surface area contributed by atoms with E-state index in [2.05, 4.69) is 5.32 Å². The van der Waals surface area contributed by atoms with Crippen LogP contribution in [-0.2, 0) is 4.79 Å². The van der Waals surface area contributed by atoms with Crippen LogP contribution in [0.1, 0.15) is 16.8 Å². The molecule has 0 aliphatic carbocycles. The smallest absolute Gasteiger partial charge is 0.255 e. The first-order valence-corrected chi connectivity index (χ1v) is 4.59. The molecule has 0 spiro atoms. The molecular formula is C10H12N2O4. The average Bonchev–Trinajstić information content (AvgIpc) is 2.16. The number of hydrogen-bond acceptors (Lipinski definition) is 4. The number of rotatable bonds is 4. The van der Waals surface area contributed by atoms with Gasteiger partial charge in [-0.25, -0.2) is 0 Å². The van der Waals surface area contributed by atoms with Crippen LogP contribution in [0.25, 0.3) is 0 Å². The van der Waals surface area contributed by atoms with Gasteiger partial charge >= 0.3 is 0 Å². The van der Waals surface area contributed by atoms with Crippen LogP contribution in [0.4, 0.5) is 0 Å². The largest absolute Gasteiger partial charge is 0.508 e. The van der Waals surface area contributed by atoms with Gasteiger partial charge < -0.3 is 21.3 Å². The molecule has 0 heterocycles. The third kappa shape index (κ3) is 3.16. The van der Waals surface area contributed by atoms with E-state index in [1.54, 1.807) is 0 Å². The molecule has 0 saturated carbocycles. The van der Waals surface area contributed by atoms with Crippen molar-refractivity contribution in [3.63, 3.8) is 0 Å². The van der Waals surface area contributed by atoms with E-state index in [9.17, 15) is 14.7 Å². The van der Waals surface area contributed by atoms with E-state index in [-0.39, 0.29) is 30.0 Å². The summed E-state index contributed by atoms with van der Waals surface area (Å²) < 4.78 is 0. The standard InChI is InChI=1S/C10H12N2O4/c11-9(15)3-4-12-10(16)7-2-1-6(13)5-8(7)14/h1-2,5,13-14H,3-4H2,(H2,11,15)(H,12,16). The normalized spacial score (nSPS) is 9.75. The van der Waals surface area contributed by atoms with Crippen molar-refractivity contribution < 1.29 is 19.8 Å². The Labute approximate surface area is 91.7 Å². The molecule has 0 fully saturated rings. The molecule has 1 rings (SSSR count). The molecule has 0 unspecified atom stereocenters. The van der Waals surface area contributed by atoms with Gasteiger partial charge in [0.15, 0.2) is 0 Å². The Morgan fingerprint density at radius 2 is 2.00 bits per heavy atom. The molecule has 0 radical (unpaired) electrons. The highest BCUT2D eigenvalue weighted by molar-refractivity contribution is 5.97. The maximum absolute atomic E-state index is 11.5. The average molecular weight is 224 g/mol. The summed E-state index contributed by atoms with van der Waals surface area (Å²) in [7, 11) is 0. The third-order valence-corrected chi connectivity index (χ3v) is 1.88. The van der Waals surface area contributed by atoms with E-state index in [0.29, 0.717) is 0 Å². The topological polar surface area (TPSA) is 113 Å². The molecule has 16 heavy (non-hydrogen) atoms. The van der Waals surface area contributed by atoms with Crippen LogP contribution < -0.4 is 11.1 Å². The van der Waals surface area contributed by atoms with Crippen molar-refractivity contribution in [2.75, 3.05) is 6.54 Å². The Balaban J connectivity index is 2.63. The highest BCUT2D eigenvalue weighted by Gasteiger charge is 2.11. The number of hydrogen-bond donors (Lipinski definition) is 4. The van der Waals surface area contributed by atoms with Gasteiger partial charge in [-0.15, -0.1) is 0 Å². The number of amides is 2. The van der Waals surface area contributed by atoms with Gasteiger partial charge in [-0.3, -0.25) is 9.59 Å². The van der Waals surface area contributed by atoms with E-state index in [4.69, 9.17) is 10.8 Å². The van der Waals surface area contributed by atoms with Crippen LogP contribution >= 0.6 is 0 Å². The van der Waals surface area contributed by atoms with Gasteiger partial charge in [0.25, 0.3) is 5.91 Å². The molecule has 6 nitrogen and oxygen atoms in total. The number of aromatic hydroxyl groups is 2. The lowest BCUT2D eigenvalue weighted by Gasteiger charge is -2.05. The number of benzene rings is 1. The number of nitrogens with two attached hydrogens (primary N) is 1. The van der Waals surface area contributed by atoms with Gasteiger partial charge in [-0.1, -0.05) is 0 Å². The number of carbonyl (C=O) groups excluding carboxylic acids is 2. The number of carbonyl (C=O) groups is 2. The zero-order valence-corrected chi connectivity index (χ0v) is 8.43. The summed E-state index contributed by atoms with van der Waals surface area (Å²) in [5.41, 5.74) is 4.92. The van der Waals surface area contributed by atoms with Gasteiger partial charge in [0.05, 0.1) is 5.56 Å². The van der Waals surface area contributed by atoms with Crippen LogP contribution in [-0.4, -0.2) is 28.6 Å². The summed E-state index contributed by atoms with van der Waals surface area (Å²) in [5.74, 6) is -1.50. The summed E-state index contributed by atoms with van der Waals surface area (Å²) in [6, 6.07) is 3.62. The van der Waals surface area contributed by atoms with E-state index in [1.807, 2.05) is 0 Å². The van der Waals surface area contributed by atoms with Gasteiger partial charge in [0.1, 0.15) is 11.5 Å². The van der Waals surface area contributed by atoms with Gasteiger partial charge in [0.2, 0.25) is 5.91 Å². The van der Waals surface area contributed by atoms with Crippen LogP contribution in [0.5, 0.6) is 11.5 Å². The summed E-state index contributed by atoms with van der Waals surface area (Å²) in [6.07, 6.45) is 0.0323. The van der Waals surface area contributed by atoms with Crippen molar-refractivity contribution >= 4 is 11.8 Å². The molecule has 6 heteroatoms. The SMILES string of the molecule is NC(=O)CCNC(=O)c1ccc(O)cc1O. The second kappa shape index (κ2) is 5.01. The zero-order valence-electron chi connectivity index (χ0n) is 8.43. The fourth-order valence-corrected chi connectivity index (χ4v) is 1.11. The highest BCUT2D eigenvalue weighted by Crippen LogP contribution is 2.22. The predicted octanol–water partition coefficient (Wildman–Crippen LogP) is -0.297. The van der Waals surface area contributed by atoms with E-state index in [1.165, 1.54) is 12.1 Å². The van der Waals surface area contributed by atoms with Crippen molar-refractivity contribution in [1.29, 1.82) is 0 Å². The Bertz CT molecular complexity index is 417. The molecule has 1 aromatic carbocycles. The maximum Gasteiger partial charge on any atom is 0.255 e. The van der Waals surface area contributed by atoms with Crippen molar-refractivity contribution in [3.05, 3.63) is 23.8 Å². The molecule has 5 N–H and O–H groups in total. The first-order valence-electron chi connectivity index (χ1n) is 4.59. The second-order valence-corrected chi connectivity index (χ2v) is 3.17. The lowest BCUT2D eigenvalue weighted by Crippen LogP contribution is -2.27. The third-order valence-electron chi connectivity index (χ3n) is 1.88. The molecule has 0 bridgehead atoms. The van der Waals surface area contributed by atoms with Crippen LogP contribution in [0, 0.1) is 0 Å². The van der Waals surface area contributed by atoms with E-state index >= 15 is 0 Å². The van der Waals surface area contributed by atoms with Crippen molar-refractivity contribution in [2.24, 2.45) is 5.73 Å². The monoisotopic (exact) mass is 224 g/mol. The summed E-state index contributed by atoms with van der Waals surface area (Å²) in [6.45, 7) is 0.106. The second-order valence-electron chi connectivity index (χ2n) is 3.17. The lowest BCUT2D eigenvalue weighted by molar-refractivity contribution is -0.117. The molecule has 0 aliphatic heterocycles. The summed E-state index contributed by atoms with van der Waals surface area (Å²) >= 11 is 0. The van der Waals surface area contributed by atoms with E-state index < -0.39 is 11.8 Å². The van der Waals surface area contributed by atoms with Gasteiger partial charge in [0, 0.05) is 19.0 Å². The van der Waals surface area contributed by atoms with E-state index in [0.717, 1.165) is 6.07 Å². The van der Waals surface area contributed by atoms with Gasteiger partial charge in [-0.2, -0.15) is 0 Å². The van der Waals surface area contributed by atoms with Crippen molar-refractivity contribution in [3.8, 4) is 11.5 Å². The van der Waals surface area contributed by atoms with Crippen molar-refractivity contribution in [1.82, 2.24) is 5.32 Å². The minimum atomic E-state index is -0.529. The first kappa shape index (κ1) is 11.8. The minimum absolute atomic E-state index is 0.0299. The Morgan fingerprint density at radius 1 is 1.31 bits per heavy atom. The molecule has 0 saturated heterocycles. The molecular weight excluding hydrogens is 212 g/mol. The number of nitrogens with one attached hydrogen (secondary N) is 1. The lowest BCUT2D eigenvalue weighted by atomic mass is 10.2. The molecule has 0 aliphatic rings. The van der Waals surface area contributed by atoms with Crippen LogP contribution in [0.3, 0.4) is 0 Å². The highest BCUT2D eigenvalue weighted by atomic mass is 16.3. The minimum Gasteiger partial charge on any atom is -0.508 e. The number of primary amides is 1. The molecule has 0 atom stereocenters. The Hall–Kier alpha value is -2.24. The Kier molecular flexibility index (Phi) is 3.71. The molecule has 1 aromatic rings.